The molecule has 0 aliphatic rings. The molecule has 23 heavy (non-hydrogen) atoms. The lowest BCUT2D eigenvalue weighted by Crippen LogP contribution is -2.34. The Balaban J connectivity index is 0. The van der Waals surface area contributed by atoms with Crippen LogP contribution in [0.1, 0.15) is 5.56 Å². The van der Waals surface area contributed by atoms with E-state index in [1.165, 1.54) is 21.6 Å². The third kappa shape index (κ3) is 10.7. The molecule has 2 unspecified atom stereocenters. The quantitative estimate of drug-likeness (QED) is 0.324. The van der Waals surface area contributed by atoms with Crippen molar-refractivity contribution < 1.29 is 19.4 Å². The number of benzene rings is 1. The molecule has 0 saturated carbocycles. The van der Waals surface area contributed by atoms with Gasteiger partial charge in [0.1, 0.15) is 18.7 Å². The summed E-state index contributed by atoms with van der Waals surface area (Å²) in [5.41, 5.74) is 11.9. The Hall–Kier alpha value is -0.640. The van der Waals surface area contributed by atoms with Crippen LogP contribution < -0.4 is 11.5 Å². The van der Waals surface area contributed by atoms with Crippen LogP contribution in [-0.4, -0.2) is 40.6 Å². The second-order valence-corrected chi connectivity index (χ2v) is 6.77. The summed E-state index contributed by atoms with van der Waals surface area (Å²) < 4.78 is 5.10. The normalized spacial score (nSPS) is 12.3. The number of carbonyl (C=O) groups excluding carboxylic acids is 1. The Morgan fingerprint density at radius 3 is 2.09 bits per heavy atom. The predicted octanol–water partition coefficient (Wildman–Crippen LogP) is 1.69. The molecule has 0 aliphatic heterocycles. The Morgan fingerprint density at radius 2 is 1.57 bits per heavy atom. The number of ether oxygens (including phenoxy) is 1. The zero-order valence-electron chi connectivity index (χ0n) is 12.1. The summed E-state index contributed by atoms with van der Waals surface area (Å²) in [4.78, 5) is 22.2. The van der Waals surface area contributed by atoms with E-state index < -0.39 is 24.0 Å². The maximum atomic E-state index is 11.7. The highest BCUT2D eigenvalue weighted by molar-refractivity contribution is 8.76. The molecule has 2 atom stereocenters. The number of carboxylic acids is 1. The molecule has 0 saturated heterocycles. The molecule has 0 spiro atoms. The molecule has 0 aliphatic carbocycles. The standard InChI is InChI=1S/C13H18N2O4S2.2ClH/c14-10(12(16)17)7-20-21-8-11(15)13(18)19-6-9-4-2-1-3-5-9;;/h1-5,10-11H,6-8,14-15H2,(H,16,17);2*1H. The van der Waals surface area contributed by atoms with E-state index >= 15 is 0 Å². The van der Waals surface area contributed by atoms with Gasteiger partial charge in [0.15, 0.2) is 0 Å². The number of hydrogen-bond acceptors (Lipinski definition) is 7. The monoisotopic (exact) mass is 402 g/mol. The highest BCUT2D eigenvalue weighted by Gasteiger charge is 2.16. The van der Waals surface area contributed by atoms with E-state index in [0.29, 0.717) is 5.75 Å². The molecule has 10 heteroatoms. The van der Waals surface area contributed by atoms with Crippen molar-refractivity contribution in [1.29, 1.82) is 0 Å². The van der Waals surface area contributed by atoms with Gasteiger partial charge in [-0.05, 0) is 5.56 Å². The average Bonchev–Trinajstić information content (AvgIpc) is 2.49. The minimum absolute atomic E-state index is 0. The van der Waals surface area contributed by atoms with Gasteiger partial charge in [-0.25, -0.2) is 0 Å². The lowest BCUT2D eigenvalue weighted by atomic mass is 10.2. The third-order valence-corrected chi connectivity index (χ3v) is 4.90. The van der Waals surface area contributed by atoms with Crippen LogP contribution in [0.5, 0.6) is 0 Å². The molecule has 1 aromatic rings. The summed E-state index contributed by atoms with van der Waals surface area (Å²) in [5, 5.41) is 8.61. The van der Waals surface area contributed by atoms with Crippen LogP contribution in [0.3, 0.4) is 0 Å². The molecule has 5 N–H and O–H groups in total. The van der Waals surface area contributed by atoms with Gasteiger partial charge in [-0.3, -0.25) is 9.59 Å². The van der Waals surface area contributed by atoms with Crippen LogP contribution in [0.25, 0.3) is 0 Å². The molecular formula is C13H20Cl2N2O4S2. The molecule has 0 radical (unpaired) electrons. The summed E-state index contributed by atoms with van der Waals surface area (Å²) in [7, 11) is 2.58. The van der Waals surface area contributed by atoms with Crippen LogP contribution in [-0.2, 0) is 20.9 Å². The second-order valence-electron chi connectivity index (χ2n) is 4.21. The molecule has 0 fully saturated rings. The summed E-state index contributed by atoms with van der Waals surface area (Å²) in [6, 6.07) is 7.67. The Labute approximate surface area is 155 Å². The van der Waals surface area contributed by atoms with Crippen molar-refractivity contribution in [2.75, 3.05) is 11.5 Å². The maximum absolute atomic E-state index is 11.7. The number of aliphatic carboxylic acids is 1. The fraction of sp³-hybridized carbons (Fsp3) is 0.385. The molecule has 132 valence electrons. The van der Waals surface area contributed by atoms with Crippen molar-refractivity contribution in [3.05, 3.63) is 35.9 Å². The third-order valence-electron chi connectivity index (χ3n) is 2.42. The molecule has 0 aromatic heterocycles. The highest BCUT2D eigenvalue weighted by Crippen LogP contribution is 2.22. The zero-order valence-corrected chi connectivity index (χ0v) is 15.4. The topological polar surface area (TPSA) is 116 Å². The van der Waals surface area contributed by atoms with Gasteiger partial charge in [0.05, 0.1) is 0 Å². The summed E-state index contributed by atoms with van der Waals surface area (Å²) >= 11 is 0. The van der Waals surface area contributed by atoms with E-state index in [-0.39, 0.29) is 37.2 Å². The molecule has 0 amide bonds. The lowest BCUT2D eigenvalue weighted by Gasteiger charge is -2.11. The van der Waals surface area contributed by atoms with Crippen molar-refractivity contribution in [1.82, 2.24) is 0 Å². The maximum Gasteiger partial charge on any atom is 0.324 e. The van der Waals surface area contributed by atoms with Crippen molar-refractivity contribution in [3.8, 4) is 0 Å². The molecule has 6 nitrogen and oxygen atoms in total. The first-order valence-electron chi connectivity index (χ1n) is 6.19. The second kappa shape index (κ2) is 13.8. The number of rotatable bonds is 9. The van der Waals surface area contributed by atoms with Gasteiger partial charge in [0, 0.05) is 11.5 Å². The van der Waals surface area contributed by atoms with Crippen molar-refractivity contribution in [3.63, 3.8) is 0 Å². The van der Waals surface area contributed by atoms with Crippen LogP contribution >= 0.6 is 46.4 Å². The summed E-state index contributed by atoms with van der Waals surface area (Å²) in [5.74, 6) is -0.930. The van der Waals surface area contributed by atoms with Crippen molar-refractivity contribution in [2.24, 2.45) is 11.5 Å². The lowest BCUT2D eigenvalue weighted by molar-refractivity contribution is -0.146. The molecule has 0 bridgehead atoms. The van der Waals surface area contributed by atoms with Gasteiger partial charge in [-0.1, -0.05) is 51.9 Å². The van der Waals surface area contributed by atoms with Crippen molar-refractivity contribution >= 4 is 58.3 Å². The van der Waals surface area contributed by atoms with Gasteiger partial charge < -0.3 is 21.3 Å². The van der Waals surface area contributed by atoms with Crippen LogP contribution in [0.4, 0.5) is 0 Å². The number of nitrogens with two attached hydrogens (primary N) is 2. The van der Waals surface area contributed by atoms with Gasteiger partial charge in [0.2, 0.25) is 0 Å². The largest absolute Gasteiger partial charge is 0.480 e. The summed E-state index contributed by atoms with van der Waals surface area (Å²) in [6.45, 7) is 0.190. The Bertz CT molecular complexity index is 469. The molecule has 0 heterocycles. The number of halogens is 2. The van der Waals surface area contributed by atoms with E-state index in [4.69, 9.17) is 21.3 Å². The average molecular weight is 403 g/mol. The van der Waals surface area contributed by atoms with Crippen LogP contribution in [0, 0.1) is 0 Å². The van der Waals surface area contributed by atoms with Crippen LogP contribution in [0.2, 0.25) is 0 Å². The smallest absolute Gasteiger partial charge is 0.324 e. The number of esters is 1. The predicted molar refractivity (Wildman–Crippen MR) is 99.2 cm³/mol. The number of carboxylic acid groups (broad SMARTS) is 1. The highest BCUT2D eigenvalue weighted by atomic mass is 35.5. The van der Waals surface area contributed by atoms with Gasteiger partial charge in [-0.2, -0.15) is 0 Å². The first kappa shape index (κ1) is 24.6. The van der Waals surface area contributed by atoms with E-state index in [1.807, 2.05) is 30.3 Å². The number of hydrogen-bond donors (Lipinski definition) is 3. The molecule has 1 aromatic carbocycles. The molecule has 1 rings (SSSR count). The van der Waals surface area contributed by atoms with E-state index in [1.54, 1.807) is 0 Å². The number of carbonyl (C=O) groups is 2. The minimum atomic E-state index is -1.05. The zero-order chi connectivity index (χ0) is 15.7. The van der Waals surface area contributed by atoms with Gasteiger partial charge in [-0.15, -0.1) is 24.8 Å². The Morgan fingerprint density at radius 1 is 1.04 bits per heavy atom. The van der Waals surface area contributed by atoms with E-state index in [2.05, 4.69) is 0 Å². The Kier molecular flexibility index (Phi) is 14.7. The first-order valence-corrected chi connectivity index (χ1v) is 8.68. The fourth-order valence-corrected chi connectivity index (χ4v) is 3.44. The van der Waals surface area contributed by atoms with E-state index in [0.717, 1.165) is 5.56 Å². The van der Waals surface area contributed by atoms with Gasteiger partial charge >= 0.3 is 11.9 Å². The van der Waals surface area contributed by atoms with Crippen molar-refractivity contribution in [2.45, 2.75) is 18.7 Å². The SMILES string of the molecule is Cl.Cl.NC(CSSCC(N)C(=O)OCc1ccccc1)C(=O)O. The summed E-state index contributed by atoms with van der Waals surface area (Å²) in [6.07, 6.45) is 0. The minimum Gasteiger partial charge on any atom is -0.480 e. The molecular weight excluding hydrogens is 383 g/mol. The fourth-order valence-electron chi connectivity index (χ4n) is 1.22. The first-order chi connectivity index (χ1) is 10.0. The van der Waals surface area contributed by atoms with E-state index in [9.17, 15) is 9.59 Å². The van der Waals surface area contributed by atoms with Gasteiger partial charge in [0.25, 0.3) is 0 Å². The van der Waals surface area contributed by atoms with Crippen LogP contribution in [0.15, 0.2) is 30.3 Å².